The van der Waals surface area contributed by atoms with Gasteiger partial charge in [-0.05, 0) is 40.3 Å². The molecule has 7 nitrogen and oxygen atoms in total. The van der Waals surface area contributed by atoms with Gasteiger partial charge in [0.2, 0.25) is 5.91 Å². The maximum absolute atomic E-state index is 13.4. The Kier molecular flexibility index (Phi) is 5.93. The van der Waals surface area contributed by atoms with Crippen molar-refractivity contribution in [3.05, 3.63) is 51.4 Å². The molecule has 2 amide bonds. The smallest absolute Gasteiger partial charge is 0.268 e. The van der Waals surface area contributed by atoms with Gasteiger partial charge in [-0.3, -0.25) is 14.3 Å². The standard InChI is InChI=1S/C18H16F2IN5O2/c19-18(20)5-15(6-22)26(11-18)16(27)8-23-17(28)13-7-24-25(10-13)9-12-1-3-14(21)4-2-12/h1-4,7,10,15H,5,8-9,11H2,(H,23,28)/t15-/m0/s1. The van der Waals surface area contributed by atoms with Gasteiger partial charge in [-0.15, -0.1) is 0 Å². The van der Waals surface area contributed by atoms with Crippen molar-refractivity contribution in [3.8, 4) is 6.07 Å². The number of halogens is 3. The number of carbonyl (C=O) groups excluding carboxylic acids is 2. The van der Waals surface area contributed by atoms with Crippen LogP contribution in [0, 0.1) is 14.9 Å². The van der Waals surface area contributed by atoms with Gasteiger partial charge in [0.25, 0.3) is 11.8 Å². The van der Waals surface area contributed by atoms with E-state index in [2.05, 4.69) is 33.0 Å². The van der Waals surface area contributed by atoms with E-state index in [1.807, 2.05) is 24.3 Å². The van der Waals surface area contributed by atoms with Crippen LogP contribution in [-0.4, -0.2) is 51.5 Å². The average molecular weight is 499 g/mol. The molecule has 0 spiro atoms. The first kappa shape index (κ1) is 20.2. The van der Waals surface area contributed by atoms with Crippen LogP contribution in [0.25, 0.3) is 0 Å². The zero-order valence-electron chi connectivity index (χ0n) is 14.6. The number of benzene rings is 1. The van der Waals surface area contributed by atoms with Crippen molar-refractivity contribution in [1.82, 2.24) is 20.0 Å². The van der Waals surface area contributed by atoms with Crippen LogP contribution in [-0.2, 0) is 11.3 Å². The largest absolute Gasteiger partial charge is 0.343 e. The van der Waals surface area contributed by atoms with E-state index in [1.54, 1.807) is 16.9 Å². The summed E-state index contributed by atoms with van der Waals surface area (Å²) in [5.41, 5.74) is 1.27. The van der Waals surface area contributed by atoms with Gasteiger partial charge in [0.05, 0.1) is 37.5 Å². The number of nitrogens with one attached hydrogen (secondary N) is 1. The molecule has 146 valence electrons. The van der Waals surface area contributed by atoms with E-state index >= 15 is 0 Å². The molecule has 0 aliphatic carbocycles. The molecule has 1 aliphatic heterocycles. The van der Waals surface area contributed by atoms with Gasteiger partial charge < -0.3 is 10.2 Å². The summed E-state index contributed by atoms with van der Waals surface area (Å²) in [5.74, 6) is -4.35. The molecule has 1 aromatic heterocycles. The number of rotatable bonds is 5. The minimum Gasteiger partial charge on any atom is -0.343 e. The summed E-state index contributed by atoms with van der Waals surface area (Å²) in [7, 11) is 0. The van der Waals surface area contributed by atoms with E-state index in [4.69, 9.17) is 5.26 Å². The highest BCUT2D eigenvalue weighted by Crippen LogP contribution is 2.31. The highest BCUT2D eigenvalue weighted by Gasteiger charge is 2.47. The van der Waals surface area contributed by atoms with Crippen molar-refractivity contribution in [2.24, 2.45) is 0 Å². The lowest BCUT2D eigenvalue weighted by atomic mass is 10.2. The minimum atomic E-state index is -3.09. The highest BCUT2D eigenvalue weighted by molar-refractivity contribution is 14.1. The van der Waals surface area contributed by atoms with Crippen LogP contribution in [0.5, 0.6) is 0 Å². The lowest BCUT2D eigenvalue weighted by Crippen LogP contribution is -2.42. The van der Waals surface area contributed by atoms with Gasteiger partial charge in [-0.25, -0.2) is 8.78 Å². The molecule has 2 aromatic rings. The fourth-order valence-electron chi connectivity index (χ4n) is 2.90. The van der Waals surface area contributed by atoms with E-state index in [9.17, 15) is 18.4 Å². The first-order valence-corrected chi connectivity index (χ1v) is 9.47. The minimum absolute atomic E-state index is 0.252. The molecule has 0 bridgehead atoms. The average Bonchev–Trinajstić information content (AvgIpc) is 3.25. The van der Waals surface area contributed by atoms with Crippen LogP contribution in [0.15, 0.2) is 36.7 Å². The maximum atomic E-state index is 13.4. The third kappa shape index (κ3) is 4.83. The zero-order chi connectivity index (χ0) is 20.3. The Morgan fingerprint density at radius 2 is 2.07 bits per heavy atom. The molecule has 1 fully saturated rings. The second-order valence-corrected chi connectivity index (χ2v) is 7.71. The van der Waals surface area contributed by atoms with E-state index in [1.165, 1.54) is 6.20 Å². The summed E-state index contributed by atoms with van der Waals surface area (Å²) in [5, 5.41) is 15.4. The lowest BCUT2D eigenvalue weighted by Gasteiger charge is -2.19. The van der Waals surface area contributed by atoms with Crippen molar-refractivity contribution in [3.63, 3.8) is 0 Å². The van der Waals surface area contributed by atoms with Crippen LogP contribution in [0.2, 0.25) is 0 Å². The maximum Gasteiger partial charge on any atom is 0.268 e. The monoisotopic (exact) mass is 499 g/mol. The predicted octanol–water partition coefficient (Wildman–Crippen LogP) is 2.03. The summed E-state index contributed by atoms with van der Waals surface area (Å²) in [6.07, 6.45) is 2.23. The Morgan fingerprint density at radius 1 is 1.36 bits per heavy atom. The summed E-state index contributed by atoms with van der Waals surface area (Å²) in [6, 6.07) is 8.36. The Morgan fingerprint density at radius 3 is 2.75 bits per heavy atom. The van der Waals surface area contributed by atoms with Crippen LogP contribution in [0.4, 0.5) is 8.78 Å². The van der Waals surface area contributed by atoms with E-state index in [0.717, 1.165) is 14.0 Å². The van der Waals surface area contributed by atoms with Gasteiger partial charge in [0.15, 0.2) is 0 Å². The first-order chi connectivity index (χ1) is 13.3. The second-order valence-electron chi connectivity index (χ2n) is 6.46. The second kappa shape index (κ2) is 8.22. The number of carbonyl (C=O) groups is 2. The van der Waals surface area contributed by atoms with Crippen molar-refractivity contribution in [2.45, 2.75) is 24.9 Å². The molecular weight excluding hydrogens is 483 g/mol. The number of alkyl halides is 2. The molecule has 10 heteroatoms. The molecule has 1 aromatic carbocycles. The Balaban J connectivity index is 1.55. The van der Waals surface area contributed by atoms with Gasteiger partial charge in [-0.2, -0.15) is 10.4 Å². The Labute approximate surface area is 173 Å². The molecule has 3 rings (SSSR count). The van der Waals surface area contributed by atoms with Gasteiger partial charge in [-0.1, -0.05) is 12.1 Å². The van der Waals surface area contributed by atoms with Crippen LogP contribution >= 0.6 is 22.6 Å². The molecule has 0 radical (unpaired) electrons. The third-order valence-electron chi connectivity index (χ3n) is 4.29. The van der Waals surface area contributed by atoms with Gasteiger partial charge in [0, 0.05) is 16.2 Å². The van der Waals surface area contributed by atoms with E-state index < -0.39 is 43.3 Å². The molecule has 0 unspecified atom stereocenters. The quantitative estimate of drug-likeness (QED) is 0.638. The molecule has 1 N–H and O–H groups in total. The number of amides is 2. The number of nitriles is 1. The van der Waals surface area contributed by atoms with Crippen molar-refractivity contribution in [2.75, 3.05) is 13.1 Å². The van der Waals surface area contributed by atoms with Crippen molar-refractivity contribution >= 4 is 34.4 Å². The molecule has 1 aliphatic rings. The number of hydrogen-bond acceptors (Lipinski definition) is 4. The van der Waals surface area contributed by atoms with Gasteiger partial charge >= 0.3 is 0 Å². The molecule has 1 atom stereocenters. The number of likely N-dealkylation sites (tertiary alicyclic amines) is 1. The van der Waals surface area contributed by atoms with E-state index in [-0.39, 0.29) is 5.56 Å². The molecule has 1 saturated heterocycles. The SMILES string of the molecule is N#C[C@@H]1CC(F)(F)CN1C(=O)CNC(=O)c1cnn(Cc2ccc(I)cc2)c1. The predicted molar refractivity (Wildman–Crippen MR) is 103 cm³/mol. The number of aromatic nitrogens is 2. The van der Waals surface area contributed by atoms with Crippen LogP contribution < -0.4 is 5.32 Å². The first-order valence-electron chi connectivity index (χ1n) is 8.39. The molecule has 0 saturated carbocycles. The van der Waals surface area contributed by atoms with E-state index in [0.29, 0.717) is 6.54 Å². The summed E-state index contributed by atoms with van der Waals surface area (Å²) in [6.45, 7) is -0.793. The number of hydrogen-bond donors (Lipinski definition) is 1. The molecule has 2 heterocycles. The van der Waals surface area contributed by atoms with Crippen LogP contribution in [0.1, 0.15) is 22.3 Å². The number of nitrogens with zero attached hydrogens (tertiary/aromatic N) is 4. The zero-order valence-corrected chi connectivity index (χ0v) is 16.8. The van der Waals surface area contributed by atoms with Crippen LogP contribution in [0.3, 0.4) is 0 Å². The Hall–Kier alpha value is -2.55. The highest BCUT2D eigenvalue weighted by atomic mass is 127. The topological polar surface area (TPSA) is 91.0 Å². The normalized spacial score (nSPS) is 17.9. The summed E-state index contributed by atoms with van der Waals surface area (Å²) < 4.78 is 29.5. The molecular formula is C18H16F2IN5O2. The van der Waals surface area contributed by atoms with Gasteiger partial charge in [0.1, 0.15) is 6.04 Å². The van der Waals surface area contributed by atoms with Crippen molar-refractivity contribution in [1.29, 1.82) is 5.26 Å². The van der Waals surface area contributed by atoms with Crippen molar-refractivity contribution < 1.29 is 18.4 Å². The fourth-order valence-corrected chi connectivity index (χ4v) is 3.26. The fraction of sp³-hybridized carbons (Fsp3) is 0.333. The summed E-state index contributed by atoms with van der Waals surface area (Å²) >= 11 is 2.21. The Bertz CT molecular complexity index is 923. The molecule has 28 heavy (non-hydrogen) atoms. The summed E-state index contributed by atoms with van der Waals surface area (Å²) in [4.78, 5) is 25.1. The lowest BCUT2D eigenvalue weighted by molar-refractivity contribution is -0.131. The third-order valence-corrected chi connectivity index (χ3v) is 5.01.